The molecule has 2 aromatic carbocycles. The van der Waals surface area contributed by atoms with Gasteiger partial charge in [0, 0.05) is 17.7 Å². The molecule has 4 rings (SSSR count). The second-order valence-corrected chi connectivity index (χ2v) is 6.88. The Bertz CT molecular complexity index is 932. The van der Waals surface area contributed by atoms with E-state index in [-0.39, 0.29) is 18.6 Å². The van der Waals surface area contributed by atoms with Gasteiger partial charge in [0.05, 0.1) is 18.2 Å². The summed E-state index contributed by atoms with van der Waals surface area (Å²) < 4.78 is 5.44. The summed E-state index contributed by atoms with van der Waals surface area (Å²) in [5, 5.41) is 13.7. The van der Waals surface area contributed by atoms with Crippen molar-refractivity contribution in [3.05, 3.63) is 65.9 Å². The van der Waals surface area contributed by atoms with Crippen LogP contribution in [0, 0.1) is 6.92 Å². The van der Waals surface area contributed by atoms with Crippen LogP contribution in [-0.2, 0) is 0 Å². The van der Waals surface area contributed by atoms with E-state index in [1.165, 1.54) is 0 Å². The molecular weight excluding hydrogens is 340 g/mol. The molecule has 0 bridgehead atoms. The van der Waals surface area contributed by atoms with Crippen LogP contribution in [-0.4, -0.2) is 40.3 Å². The molecule has 2 heterocycles. The van der Waals surface area contributed by atoms with E-state index in [9.17, 15) is 9.90 Å². The van der Waals surface area contributed by atoms with E-state index in [0.717, 1.165) is 41.0 Å². The summed E-state index contributed by atoms with van der Waals surface area (Å²) in [6.45, 7) is 2.62. The van der Waals surface area contributed by atoms with E-state index >= 15 is 0 Å². The van der Waals surface area contributed by atoms with Crippen molar-refractivity contribution in [3.8, 4) is 22.4 Å². The summed E-state index contributed by atoms with van der Waals surface area (Å²) in [5.74, 6) is 0.733. The molecule has 0 aliphatic carbocycles. The normalized spacial score (nSPS) is 16.7. The van der Waals surface area contributed by atoms with Crippen LogP contribution < -0.4 is 0 Å². The Balaban J connectivity index is 1.63. The van der Waals surface area contributed by atoms with Gasteiger partial charge < -0.3 is 14.5 Å². The monoisotopic (exact) mass is 362 g/mol. The lowest BCUT2D eigenvalue weighted by atomic mass is 9.99. The SMILES string of the molecule is Cc1onc(-c2ccc(C(=O)N3CCCC3CO)cc2)c1-c1ccccc1. The maximum Gasteiger partial charge on any atom is 0.254 e. The minimum absolute atomic E-state index is 0.0163. The van der Waals surface area contributed by atoms with E-state index in [2.05, 4.69) is 5.16 Å². The van der Waals surface area contributed by atoms with Crippen molar-refractivity contribution in [2.24, 2.45) is 0 Å². The number of amides is 1. The third-order valence-electron chi connectivity index (χ3n) is 5.18. The maximum absolute atomic E-state index is 12.7. The van der Waals surface area contributed by atoms with E-state index < -0.39 is 0 Å². The third-order valence-corrected chi connectivity index (χ3v) is 5.18. The van der Waals surface area contributed by atoms with Gasteiger partial charge in [-0.05, 0) is 37.5 Å². The first-order valence-corrected chi connectivity index (χ1v) is 9.23. The Labute approximate surface area is 158 Å². The summed E-state index contributed by atoms with van der Waals surface area (Å²) in [4.78, 5) is 14.5. The molecule has 1 atom stereocenters. The fourth-order valence-electron chi connectivity index (χ4n) is 3.74. The highest BCUT2D eigenvalue weighted by Crippen LogP contribution is 2.34. The molecule has 0 spiro atoms. The highest BCUT2D eigenvalue weighted by Gasteiger charge is 2.28. The van der Waals surface area contributed by atoms with Crippen molar-refractivity contribution < 1.29 is 14.4 Å². The van der Waals surface area contributed by atoms with Crippen LogP contribution in [0.5, 0.6) is 0 Å². The van der Waals surface area contributed by atoms with E-state index in [0.29, 0.717) is 12.1 Å². The Morgan fingerprint density at radius 1 is 1.15 bits per heavy atom. The van der Waals surface area contributed by atoms with Gasteiger partial charge in [-0.2, -0.15) is 0 Å². The molecule has 1 unspecified atom stereocenters. The van der Waals surface area contributed by atoms with Crippen molar-refractivity contribution in [1.29, 1.82) is 0 Å². The van der Waals surface area contributed by atoms with E-state index in [4.69, 9.17) is 4.52 Å². The fourth-order valence-corrected chi connectivity index (χ4v) is 3.74. The molecule has 1 fully saturated rings. The molecular formula is C22H22N2O3. The Kier molecular flexibility index (Phi) is 4.77. The van der Waals surface area contributed by atoms with Crippen LogP contribution in [0.25, 0.3) is 22.4 Å². The Hall–Kier alpha value is -2.92. The number of benzene rings is 2. The predicted octanol–water partition coefficient (Wildman–Crippen LogP) is 3.91. The summed E-state index contributed by atoms with van der Waals surface area (Å²) in [6.07, 6.45) is 1.80. The number of aromatic nitrogens is 1. The van der Waals surface area contributed by atoms with Crippen molar-refractivity contribution in [2.45, 2.75) is 25.8 Å². The number of carbonyl (C=O) groups is 1. The van der Waals surface area contributed by atoms with E-state index in [1.54, 1.807) is 4.90 Å². The molecule has 1 aliphatic rings. The quantitative estimate of drug-likeness (QED) is 0.764. The highest BCUT2D eigenvalue weighted by molar-refractivity contribution is 5.95. The Morgan fingerprint density at radius 2 is 1.89 bits per heavy atom. The first-order valence-electron chi connectivity index (χ1n) is 9.23. The van der Waals surface area contributed by atoms with E-state index in [1.807, 2.05) is 61.5 Å². The maximum atomic E-state index is 12.7. The number of rotatable bonds is 4. The fraction of sp³-hybridized carbons (Fsp3) is 0.273. The largest absolute Gasteiger partial charge is 0.394 e. The van der Waals surface area contributed by atoms with Gasteiger partial charge in [0.1, 0.15) is 11.5 Å². The van der Waals surface area contributed by atoms with Crippen molar-refractivity contribution in [3.63, 3.8) is 0 Å². The molecule has 1 aromatic heterocycles. The van der Waals surface area contributed by atoms with Gasteiger partial charge in [-0.25, -0.2) is 0 Å². The van der Waals surface area contributed by atoms with Gasteiger partial charge in [-0.15, -0.1) is 0 Å². The minimum atomic E-state index is -0.0694. The average molecular weight is 362 g/mol. The van der Waals surface area contributed by atoms with Crippen molar-refractivity contribution >= 4 is 5.91 Å². The van der Waals surface area contributed by atoms with Gasteiger partial charge in [0.25, 0.3) is 5.91 Å². The topological polar surface area (TPSA) is 66.6 Å². The van der Waals surface area contributed by atoms with Crippen LogP contribution in [0.1, 0.15) is 29.0 Å². The summed E-state index contributed by atoms with van der Waals surface area (Å²) in [6, 6.07) is 17.4. The number of nitrogens with zero attached hydrogens (tertiary/aromatic N) is 2. The molecule has 0 radical (unpaired) electrons. The number of aliphatic hydroxyl groups is 1. The molecule has 1 amide bonds. The zero-order valence-electron chi connectivity index (χ0n) is 15.3. The number of hydrogen-bond acceptors (Lipinski definition) is 4. The smallest absolute Gasteiger partial charge is 0.254 e. The lowest BCUT2D eigenvalue weighted by molar-refractivity contribution is 0.0677. The average Bonchev–Trinajstić information content (AvgIpc) is 3.34. The summed E-state index contributed by atoms with van der Waals surface area (Å²) >= 11 is 0. The number of carbonyl (C=O) groups excluding carboxylic acids is 1. The first-order chi connectivity index (χ1) is 13.2. The van der Waals surface area contributed by atoms with Crippen molar-refractivity contribution in [2.75, 3.05) is 13.2 Å². The predicted molar refractivity (Wildman–Crippen MR) is 103 cm³/mol. The summed E-state index contributed by atoms with van der Waals surface area (Å²) in [7, 11) is 0. The van der Waals surface area contributed by atoms with Crippen LogP contribution in [0.3, 0.4) is 0 Å². The molecule has 138 valence electrons. The lowest BCUT2D eigenvalue weighted by Crippen LogP contribution is -2.37. The second-order valence-electron chi connectivity index (χ2n) is 6.88. The minimum Gasteiger partial charge on any atom is -0.394 e. The zero-order chi connectivity index (χ0) is 18.8. The Morgan fingerprint density at radius 3 is 2.59 bits per heavy atom. The molecule has 5 heteroatoms. The standard InChI is InChI=1S/C22H22N2O3/c1-15-20(16-6-3-2-4-7-16)21(23-27-15)17-9-11-18(12-10-17)22(26)24-13-5-8-19(24)14-25/h2-4,6-7,9-12,19,25H,5,8,13-14H2,1H3. The molecule has 1 saturated heterocycles. The van der Waals surface area contributed by atoms with Gasteiger partial charge in [-0.1, -0.05) is 47.6 Å². The molecule has 1 aliphatic heterocycles. The second kappa shape index (κ2) is 7.37. The van der Waals surface area contributed by atoms with Gasteiger partial charge >= 0.3 is 0 Å². The number of aliphatic hydroxyl groups excluding tert-OH is 1. The molecule has 0 saturated carbocycles. The lowest BCUT2D eigenvalue weighted by Gasteiger charge is -2.23. The van der Waals surface area contributed by atoms with Crippen LogP contribution in [0.4, 0.5) is 0 Å². The van der Waals surface area contributed by atoms with Crippen molar-refractivity contribution in [1.82, 2.24) is 10.1 Å². The van der Waals surface area contributed by atoms with Gasteiger partial charge in [0.2, 0.25) is 0 Å². The van der Waals surface area contributed by atoms with Gasteiger partial charge in [-0.3, -0.25) is 4.79 Å². The number of aryl methyl sites for hydroxylation is 1. The third kappa shape index (κ3) is 3.26. The summed E-state index contributed by atoms with van der Waals surface area (Å²) in [5.41, 5.74) is 4.32. The molecule has 5 nitrogen and oxygen atoms in total. The van der Waals surface area contributed by atoms with Crippen LogP contribution in [0.2, 0.25) is 0 Å². The molecule has 1 N–H and O–H groups in total. The zero-order valence-corrected chi connectivity index (χ0v) is 15.3. The number of hydrogen-bond donors (Lipinski definition) is 1. The number of likely N-dealkylation sites (tertiary alicyclic amines) is 1. The molecule has 3 aromatic rings. The molecule has 27 heavy (non-hydrogen) atoms. The highest BCUT2D eigenvalue weighted by atomic mass is 16.5. The van der Waals surface area contributed by atoms with Crippen LogP contribution in [0.15, 0.2) is 59.1 Å². The van der Waals surface area contributed by atoms with Crippen LogP contribution >= 0.6 is 0 Å². The first kappa shape index (κ1) is 17.5. The van der Waals surface area contributed by atoms with Gasteiger partial charge in [0.15, 0.2) is 0 Å².